The van der Waals surface area contributed by atoms with Gasteiger partial charge in [0, 0.05) is 27.7 Å². The average Bonchev–Trinajstić information content (AvgIpc) is 3.39. The van der Waals surface area contributed by atoms with Gasteiger partial charge in [-0.2, -0.15) is 0 Å². The number of hydrogen-bond donors (Lipinski definition) is 1. The first kappa shape index (κ1) is 40.0. The van der Waals surface area contributed by atoms with Crippen molar-refractivity contribution < 1.29 is 42.9 Å². The van der Waals surface area contributed by atoms with Gasteiger partial charge in [-0.15, -0.1) is 0 Å². The molecule has 0 bridgehead atoms. The molecule has 1 N–H and O–H groups in total. The Bertz CT molecular complexity index is 1260. The third kappa shape index (κ3) is 8.79. The number of ether oxygens (including phenoxy) is 5. The summed E-state index contributed by atoms with van der Waals surface area (Å²) in [6, 6.07) is -0.938. The molecule has 1 amide bonds. The predicted octanol–water partition coefficient (Wildman–Crippen LogP) is 7.15. The van der Waals surface area contributed by atoms with Crippen LogP contribution in [-0.4, -0.2) is 67.2 Å². The number of carbonyl (C=O) groups excluding carboxylic acids is 4. The predicted molar refractivity (Wildman–Crippen MR) is 192 cm³/mol. The van der Waals surface area contributed by atoms with Gasteiger partial charge >= 0.3 is 17.9 Å². The fourth-order valence-corrected chi connectivity index (χ4v) is 12.0. The Labute approximate surface area is 306 Å². The lowest BCUT2D eigenvalue weighted by Crippen LogP contribution is -2.67. The minimum absolute atomic E-state index is 0.130. The Balaban J connectivity index is 1.29. The maximum absolute atomic E-state index is 12.5. The number of carbonyl (C=O) groups is 4. The second-order valence-corrected chi connectivity index (χ2v) is 17.9. The van der Waals surface area contributed by atoms with Crippen LogP contribution in [0.3, 0.4) is 0 Å². The van der Waals surface area contributed by atoms with Gasteiger partial charge in [0.1, 0.15) is 18.8 Å². The molecule has 290 valence electrons. The van der Waals surface area contributed by atoms with Crippen molar-refractivity contribution in [2.75, 3.05) is 6.61 Å². The Hall–Kier alpha value is -2.20. The van der Waals surface area contributed by atoms with Gasteiger partial charge in [0.05, 0.1) is 6.10 Å². The summed E-state index contributed by atoms with van der Waals surface area (Å²) in [7, 11) is 0. The van der Waals surface area contributed by atoms with Crippen molar-refractivity contribution >= 4 is 23.8 Å². The lowest BCUT2D eigenvalue weighted by Gasteiger charge is -2.61. The molecule has 0 aromatic carbocycles. The topological polar surface area (TPSA) is 126 Å². The van der Waals surface area contributed by atoms with Crippen LogP contribution in [0.4, 0.5) is 0 Å². The van der Waals surface area contributed by atoms with Crippen molar-refractivity contribution in [1.82, 2.24) is 5.32 Å². The number of nitrogens with one attached hydrogen (secondary N) is 1. The molecule has 4 aliphatic carbocycles. The van der Waals surface area contributed by atoms with Crippen LogP contribution in [0.25, 0.3) is 0 Å². The van der Waals surface area contributed by atoms with Crippen LogP contribution in [0, 0.1) is 52.3 Å². The highest BCUT2D eigenvalue weighted by molar-refractivity contribution is 5.73. The van der Waals surface area contributed by atoms with E-state index >= 15 is 0 Å². The van der Waals surface area contributed by atoms with E-state index in [0.717, 1.165) is 54.8 Å². The van der Waals surface area contributed by atoms with E-state index < -0.39 is 48.6 Å². The molecular formula is C41H67NO9. The van der Waals surface area contributed by atoms with Gasteiger partial charge in [0.25, 0.3) is 0 Å². The molecule has 10 heteroatoms. The number of hydrogen-bond acceptors (Lipinski definition) is 9. The van der Waals surface area contributed by atoms with Crippen LogP contribution in [0.15, 0.2) is 0 Å². The zero-order valence-corrected chi connectivity index (χ0v) is 32.9. The molecule has 10 nitrogen and oxygen atoms in total. The molecule has 1 saturated heterocycles. The number of amides is 1. The van der Waals surface area contributed by atoms with E-state index in [0.29, 0.717) is 11.3 Å². The van der Waals surface area contributed by atoms with E-state index in [1.807, 2.05) is 0 Å². The normalized spacial score (nSPS) is 41.0. The van der Waals surface area contributed by atoms with Crippen LogP contribution in [0.1, 0.15) is 139 Å². The average molecular weight is 718 g/mol. The van der Waals surface area contributed by atoms with E-state index in [9.17, 15) is 19.2 Å². The standard InChI is InChI=1S/C41H67NO9/c1-23(2)11-10-12-24(3)32-15-16-33-31-14-13-29-21-30(17-19-40(29,8)34(31)18-20-41(32,33)9)50-39-36(42-25(4)43)38(49-28(7)46)37(48-27(6)45)35(51-39)22-47-26(5)44/h23-24,29-39H,10-22H2,1-9H3,(H,42,43)/t24-,29?,30+,31?,32-,33?,34?,35-,36-,37-,38-,39-,40+,41-/m1/s1. The third-order valence-electron chi connectivity index (χ3n) is 14.2. The first-order valence-electron chi connectivity index (χ1n) is 20.1. The maximum atomic E-state index is 12.5. The third-order valence-corrected chi connectivity index (χ3v) is 14.2. The summed E-state index contributed by atoms with van der Waals surface area (Å²) in [6.45, 7) is 17.4. The van der Waals surface area contributed by atoms with E-state index in [1.54, 1.807) is 0 Å². The molecule has 1 heterocycles. The van der Waals surface area contributed by atoms with Crippen molar-refractivity contribution in [3.8, 4) is 0 Å². The second kappa shape index (κ2) is 16.4. The molecule has 4 unspecified atom stereocenters. The van der Waals surface area contributed by atoms with Gasteiger partial charge in [0.2, 0.25) is 5.91 Å². The van der Waals surface area contributed by atoms with Crippen molar-refractivity contribution in [2.24, 2.45) is 52.3 Å². The Morgan fingerprint density at radius 3 is 2.10 bits per heavy atom. The second-order valence-electron chi connectivity index (χ2n) is 17.9. The van der Waals surface area contributed by atoms with Crippen LogP contribution in [-0.2, 0) is 42.9 Å². The maximum Gasteiger partial charge on any atom is 0.303 e. The summed E-state index contributed by atoms with van der Waals surface area (Å²) in [6.07, 6.45) is 10.5. The molecule has 5 rings (SSSR count). The quantitative estimate of drug-likeness (QED) is 0.127. The monoisotopic (exact) mass is 717 g/mol. The van der Waals surface area contributed by atoms with Crippen molar-refractivity contribution in [3.63, 3.8) is 0 Å². The summed E-state index contributed by atoms with van der Waals surface area (Å²) >= 11 is 0. The van der Waals surface area contributed by atoms with Gasteiger partial charge in [0.15, 0.2) is 18.5 Å². The van der Waals surface area contributed by atoms with Crippen LogP contribution >= 0.6 is 0 Å². The van der Waals surface area contributed by atoms with E-state index in [4.69, 9.17) is 23.7 Å². The minimum Gasteiger partial charge on any atom is -0.463 e. The van der Waals surface area contributed by atoms with Crippen LogP contribution < -0.4 is 5.32 Å². The fraction of sp³-hybridized carbons (Fsp3) is 0.902. The summed E-state index contributed by atoms with van der Waals surface area (Å²) in [5.74, 6) is 3.18. The largest absolute Gasteiger partial charge is 0.463 e. The van der Waals surface area contributed by atoms with Gasteiger partial charge < -0.3 is 29.0 Å². The number of rotatable bonds is 12. The Morgan fingerprint density at radius 1 is 0.784 bits per heavy atom. The molecule has 0 aromatic rings. The molecule has 1 aliphatic heterocycles. The Kier molecular flexibility index (Phi) is 12.9. The minimum atomic E-state index is -1.12. The van der Waals surface area contributed by atoms with Crippen LogP contribution in [0.2, 0.25) is 0 Å². The van der Waals surface area contributed by atoms with Crippen LogP contribution in [0.5, 0.6) is 0 Å². The molecular weight excluding hydrogens is 650 g/mol. The van der Waals surface area contributed by atoms with E-state index in [2.05, 4.69) is 39.9 Å². The molecule has 0 spiro atoms. The van der Waals surface area contributed by atoms with E-state index in [1.165, 1.54) is 85.5 Å². The van der Waals surface area contributed by atoms with E-state index in [-0.39, 0.29) is 24.0 Å². The van der Waals surface area contributed by atoms with Gasteiger partial charge in [-0.05, 0) is 110 Å². The molecule has 5 aliphatic rings. The van der Waals surface area contributed by atoms with Crippen molar-refractivity contribution in [1.29, 1.82) is 0 Å². The van der Waals surface area contributed by atoms with Gasteiger partial charge in [-0.1, -0.05) is 53.9 Å². The smallest absolute Gasteiger partial charge is 0.303 e. The molecule has 51 heavy (non-hydrogen) atoms. The van der Waals surface area contributed by atoms with Crippen molar-refractivity contribution in [3.05, 3.63) is 0 Å². The summed E-state index contributed by atoms with van der Waals surface area (Å²) in [4.78, 5) is 48.7. The molecule has 14 atom stereocenters. The molecule has 0 radical (unpaired) electrons. The lowest BCUT2D eigenvalue weighted by molar-refractivity contribution is -0.293. The fourth-order valence-electron chi connectivity index (χ4n) is 12.0. The molecule has 0 aromatic heterocycles. The number of fused-ring (bicyclic) bond motifs is 5. The highest BCUT2D eigenvalue weighted by atomic mass is 16.7. The number of esters is 3. The first-order valence-corrected chi connectivity index (χ1v) is 20.1. The first-order chi connectivity index (χ1) is 24.0. The highest BCUT2D eigenvalue weighted by Gasteiger charge is 2.61. The highest BCUT2D eigenvalue weighted by Crippen LogP contribution is 2.68. The zero-order chi connectivity index (χ0) is 37.2. The summed E-state index contributed by atoms with van der Waals surface area (Å²) in [5.41, 5.74) is 0.720. The Morgan fingerprint density at radius 2 is 1.45 bits per heavy atom. The molecule has 4 saturated carbocycles. The van der Waals surface area contributed by atoms with Gasteiger partial charge in [-0.3, -0.25) is 19.2 Å². The van der Waals surface area contributed by atoms with Gasteiger partial charge in [-0.25, -0.2) is 0 Å². The zero-order valence-electron chi connectivity index (χ0n) is 32.9. The van der Waals surface area contributed by atoms with Crippen molar-refractivity contribution in [2.45, 2.75) is 176 Å². The lowest BCUT2D eigenvalue weighted by atomic mass is 9.44. The summed E-state index contributed by atoms with van der Waals surface area (Å²) < 4.78 is 29.7. The SMILES string of the molecule is CC(=O)N[C@H]1[C@H](O[C@H]2CC[C@@]3(C)C(CCC4C3CC[C@@]3(C)C4CC[C@@H]3[C@H](C)CCCC(C)C)C2)O[C@H](COC(C)=O)[C@@H](OC(C)=O)[C@@H]1OC(C)=O. The molecule has 5 fully saturated rings. The summed E-state index contributed by atoms with van der Waals surface area (Å²) in [5, 5.41) is 2.85.